The van der Waals surface area contributed by atoms with E-state index < -0.39 is 18.0 Å². The number of fused-ring (bicyclic) bond motifs is 1. The number of nitrogens with zero attached hydrogens (tertiary/aromatic N) is 2. The molecular weight excluding hydrogens is 468 g/mol. The van der Waals surface area contributed by atoms with Gasteiger partial charge >= 0.3 is 6.03 Å². The van der Waals surface area contributed by atoms with Crippen LogP contribution >= 0.6 is 0 Å². The molecule has 3 aromatic carbocycles. The summed E-state index contributed by atoms with van der Waals surface area (Å²) in [4.78, 5) is 39.6. The normalized spacial score (nSPS) is 18.2. The van der Waals surface area contributed by atoms with Crippen LogP contribution in [0, 0.1) is 0 Å². The van der Waals surface area contributed by atoms with Gasteiger partial charge in [0, 0.05) is 39.0 Å². The highest BCUT2D eigenvalue weighted by atomic mass is 16.5. The highest BCUT2D eigenvalue weighted by molar-refractivity contribution is 6.05. The summed E-state index contributed by atoms with van der Waals surface area (Å²) in [5, 5.41) is 7.19. The fourth-order valence-corrected chi connectivity index (χ4v) is 5.13. The maximum absolute atomic E-state index is 12.6. The molecule has 1 atom stereocenters. The molecule has 2 heterocycles. The Labute approximate surface area is 216 Å². The van der Waals surface area contributed by atoms with E-state index in [0.717, 1.165) is 31.7 Å². The predicted molar refractivity (Wildman–Crippen MR) is 141 cm³/mol. The van der Waals surface area contributed by atoms with E-state index in [-0.39, 0.29) is 18.4 Å². The fourth-order valence-electron chi connectivity index (χ4n) is 5.13. The molecule has 4 amide bonds. The largest absolute Gasteiger partial charge is 0.490 e. The molecule has 0 bridgehead atoms. The smallest absolute Gasteiger partial charge is 0.322 e. The summed E-state index contributed by atoms with van der Waals surface area (Å²) in [6, 6.07) is 21.8. The quantitative estimate of drug-likeness (QED) is 0.463. The summed E-state index contributed by atoms with van der Waals surface area (Å²) in [5.41, 5.74) is 2.50. The van der Waals surface area contributed by atoms with Gasteiger partial charge in [-0.3, -0.25) is 19.8 Å². The summed E-state index contributed by atoms with van der Waals surface area (Å²) in [7, 11) is 2.13. The molecule has 37 heavy (non-hydrogen) atoms. The molecule has 8 heteroatoms. The zero-order valence-corrected chi connectivity index (χ0v) is 21.0. The molecule has 3 aromatic rings. The van der Waals surface area contributed by atoms with Gasteiger partial charge in [-0.25, -0.2) is 4.79 Å². The van der Waals surface area contributed by atoms with Crippen LogP contribution in [0.5, 0.6) is 5.75 Å². The van der Waals surface area contributed by atoms with E-state index in [1.165, 1.54) is 21.9 Å². The molecular formula is C29H32N4O4. The molecule has 2 aliphatic rings. The van der Waals surface area contributed by atoms with Gasteiger partial charge in [-0.2, -0.15) is 0 Å². The fraction of sp³-hybridized carbons (Fsp3) is 0.345. The van der Waals surface area contributed by atoms with Crippen molar-refractivity contribution in [3.63, 3.8) is 0 Å². The topological polar surface area (TPSA) is 91.0 Å². The first-order valence-electron chi connectivity index (χ1n) is 12.7. The molecule has 0 spiro atoms. The van der Waals surface area contributed by atoms with E-state index in [9.17, 15) is 14.4 Å². The van der Waals surface area contributed by atoms with Crippen LogP contribution in [0.2, 0.25) is 0 Å². The molecule has 2 saturated heterocycles. The number of nitrogens with one attached hydrogen (secondary N) is 2. The maximum Gasteiger partial charge on any atom is 0.322 e. The first kappa shape index (κ1) is 24.8. The Kier molecular flexibility index (Phi) is 7.37. The second-order valence-corrected chi connectivity index (χ2v) is 9.88. The van der Waals surface area contributed by atoms with Gasteiger partial charge in [0.2, 0.25) is 5.91 Å². The van der Waals surface area contributed by atoms with Crippen molar-refractivity contribution < 1.29 is 19.1 Å². The number of benzene rings is 3. The van der Waals surface area contributed by atoms with Crippen LogP contribution in [0.1, 0.15) is 30.4 Å². The van der Waals surface area contributed by atoms with Crippen molar-refractivity contribution in [1.29, 1.82) is 0 Å². The van der Waals surface area contributed by atoms with Crippen molar-refractivity contribution in [3.8, 4) is 5.75 Å². The van der Waals surface area contributed by atoms with Crippen LogP contribution in [0.4, 0.5) is 4.79 Å². The number of rotatable bonds is 8. The Morgan fingerprint density at radius 1 is 1.00 bits per heavy atom. The summed E-state index contributed by atoms with van der Waals surface area (Å²) in [6.45, 7) is 2.79. The van der Waals surface area contributed by atoms with Crippen LogP contribution in [-0.4, -0.2) is 59.9 Å². The highest BCUT2D eigenvalue weighted by Crippen LogP contribution is 2.23. The van der Waals surface area contributed by atoms with Crippen molar-refractivity contribution in [2.45, 2.75) is 44.5 Å². The second-order valence-electron chi connectivity index (χ2n) is 9.88. The van der Waals surface area contributed by atoms with Gasteiger partial charge < -0.3 is 15.0 Å². The zero-order valence-electron chi connectivity index (χ0n) is 21.0. The summed E-state index contributed by atoms with van der Waals surface area (Å²) < 4.78 is 6.27. The molecule has 0 aromatic heterocycles. The Morgan fingerprint density at radius 2 is 1.76 bits per heavy atom. The van der Waals surface area contributed by atoms with E-state index in [1.807, 2.05) is 12.1 Å². The number of hydrogen-bond acceptors (Lipinski definition) is 5. The molecule has 2 aliphatic heterocycles. The number of piperidine rings is 1. The van der Waals surface area contributed by atoms with Crippen molar-refractivity contribution in [2.75, 3.05) is 20.1 Å². The molecule has 2 fully saturated rings. The highest BCUT2D eigenvalue weighted by Gasteiger charge is 2.33. The molecule has 0 radical (unpaired) electrons. The van der Waals surface area contributed by atoms with Gasteiger partial charge in [-0.05, 0) is 41.1 Å². The zero-order chi connectivity index (χ0) is 25.8. The van der Waals surface area contributed by atoms with E-state index in [4.69, 9.17) is 4.74 Å². The summed E-state index contributed by atoms with van der Waals surface area (Å²) in [5.74, 6) is 0.266. The van der Waals surface area contributed by atoms with Gasteiger partial charge in [-0.15, -0.1) is 0 Å². The van der Waals surface area contributed by atoms with Gasteiger partial charge in [0.15, 0.2) is 0 Å². The van der Waals surface area contributed by atoms with Gasteiger partial charge in [-0.1, -0.05) is 54.6 Å². The van der Waals surface area contributed by atoms with Gasteiger partial charge in [0.1, 0.15) is 17.9 Å². The number of carbonyl (C=O) groups is 3. The molecule has 0 saturated carbocycles. The minimum atomic E-state index is -0.782. The Hall–Kier alpha value is -3.91. The maximum atomic E-state index is 12.6. The van der Waals surface area contributed by atoms with E-state index in [0.29, 0.717) is 13.1 Å². The number of hydrogen-bond donors (Lipinski definition) is 2. The number of ether oxygens (including phenoxy) is 1. The van der Waals surface area contributed by atoms with E-state index in [2.05, 4.69) is 77.2 Å². The lowest BCUT2D eigenvalue weighted by atomic mass is 10.0. The Balaban J connectivity index is 1.11. The van der Waals surface area contributed by atoms with Crippen LogP contribution in [-0.2, 0) is 22.7 Å². The molecule has 5 rings (SSSR count). The lowest BCUT2D eigenvalue weighted by molar-refractivity contribution is -0.135. The minimum Gasteiger partial charge on any atom is -0.490 e. The number of carbonyl (C=O) groups excluding carboxylic acids is 3. The first-order chi connectivity index (χ1) is 17.9. The lowest BCUT2D eigenvalue weighted by Gasteiger charge is -2.32. The van der Waals surface area contributed by atoms with Crippen molar-refractivity contribution in [1.82, 2.24) is 20.4 Å². The monoisotopic (exact) mass is 500 g/mol. The van der Waals surface area contributed by atoms with Crippen LogP contribution < -0.4 is 15.4 Å². The van der Waals surface area contributed by atoms with Gasteiger partial charge in [0.25, 0.3) is 5.91 Å². The molecule has 0 aliphatic carbocycles. The second kappa shape index (κ2) is 11.0. The number of urea groups is 1. The van der Waals surface area contributed by atoms with E-state index in [1.54, 1.807) is 4.90 Å². The average Bonchev–Trinajstić information content (AvgIpc) is 3.21. The number of imide groups is 1. The van der Waals surface area contributed by atoms with E-state index >= 15 is 0 Å². The molecule has 8 nitrogen and oxygen atoms in total. The number of amides is 4. The SMILES string of the molecule is CN(Cc1cccc(OC2CCN(C(=O)CC3NC(=O)NC3=O)CC2)c1)Cc1cccc2ccccc12. The Morgan fingerprint density at radius 3 is 2.54 bits per heavy atom. The van der Waals surface area contributed by atoms with Crippen molar-refractivity contribution >= 4 is 28.6 Å². The van der Waals surface area contributed by atoms with Crippen LogP contribution in [0.25, 0.3) is 10.8 Å². The van der Waals surface area contributed by atoms with Crippen molar-refractivity contribution in [2.24, 2.45) is 0 Å². The molecule has 1 unspecified atom stereocenters. The standard InChI is InChI=1S/C29H32N4O4/c1-32(19-22-9-5-8-21-7-2-3-11-25(21)22)18-20-6-4-10-24(16-20)37-23-12-14-33(15-13-23)27(34)17-26-28(35)31-29(36)30-26/h2-11,16,23,26H,12-15,17-19H2,1H3,(H2,30,31,35,36). The predicted octanol–water partition coefficient (Wildman–Crippen LogP) is 3.44. The minimum absolute atomic E-state index is 0.0164. The number of likely N-dealkylation sites (tertiary alicyclic amines) is 1. The third-order valence-electron chi connectivity index (χ3n) is 7.01. The van der Waals surface area contributed by atoms with Crippen molar-refractivity contribution in [3.05, 3.63) is 77.9 Å². The summed E-state index contributed by atoms with van der Waals surface area (Å²) >= 11 is 0. The summed E-state index contributed by atoms with van der Waals surface area (Å²) in [6.07, 6.45) is 1.46. The Bertz CT molecular complexity index is 1300. The molecule has 2 N–H and O–H groups in total. The lowest BCUT2D eigenvalue weighted by Crippen LogP contribution is -2.44. The third-order valence-corrected chi connectivity index (χ3v) is 7.01. The molecule has 192 valence electrons. The van der Waals surface area contributed by atoms with Crippen LogP contribution in [0.3, 0.4) is 0 Å². The van der Waals surface area contributed by atoms with Crippen LogP contribution in [0.15, 0.2) is 66.7 Å². The van der Waals surface area contributed by atoms with Gasteiger partial charge in [0.05, 0.1) is 6.42 Å². The average molecular weight is 501 g/mol. The first-order valence-corrected chi connectivity index (χ1v) is 12.7. The third kappa shape index (κ3) is 6.09.